The Morgan fingerprint density at radius 3 is 1.51 bits per heavy atom. The topological polar surface area (TPSA) is 164 Å². The van der Waals surface area contributed by atoms with Crippen molar-refractivity contribution in [2.45, 2.75) is 88.9 Å². The normalized spacial score (nSPS) is 21.8. The lowest BCUT2D eigenvalue weighted by atomic mass is 9.97. The fourth-order valence-corrected chi connectivity index (χ4v) is 5.04. The van der Waals surface area contributed by atoms with Crippen LogP contribution in [0.25, 0.3) is 0 Å². The number of carbonyl (C=O) groups is 1. The van der Waals surface area contributed by atoms with Gasteiger partial charge in [0, 0.05) is 13.5 Å². The molecule has 1 fully saturated rings. The largest absolute Gasteiger partial charge is 0.394 e. The molecule has 1 aliphatic heterocycles. The molecule has 0 bridgehead atoms. The van der Waals surface area contributed by atoms with Crippen LogP contribution in [0, 0.1) is 0 Å². The lowest BCUT2D eigenvalue weighted by Crippen LogP contribution is -2.64. The van der Waals surface area contributed by atoms with Crippen LogP contribution in [0.1, 0.15) is 58.3 Å². The Morgan fingerprint density at radius 2 is 1.07 bits per heavy atom. The second-order valence-electron chi connectivity index (χ2n) is 10.8. The zero-order valence-electron chi connectivity index (χ0n) is 27.6. The van der Waals surface area contributed by atoms with Gasteiger partial charge in [0.15, 0.2) is 6.29 Å². The molecule has 45 heavy (non-hydrogen) atoms. The summed E-state index contributed by atoms with van der Waals surface area (Å²) in [5.74, 6) is 0.883. The maximum Gasteiger partial charge on any atom is 0.217 e. The fraction of sp³-hybridized carbons (Fsp3) is 0.968. The summed E-state index contributed by atoms with van der Waals surface area (Å²) in [5.41, 5.74) is 0. The van der Waals surface area contributed by atoms with E-state index in [1.807, 2.05) is 11.8 Å². The molecule has 1 rings (SSSR count). The first kappa shape index (κ1) is 42.4. The van der Waals surface area contributed by atoms with E-state index in [2.05, 4.69) is 11.6 Å². The molecule has 0 radical (unpaired) electrons. The van der Waals surface area contributed by atoms with Gasteiger partial charge >= 0.3 is 0 Å². The third-order valence-corrected chi connectivity index (χ3v) is 7.70. The van der Waals surface area contributed by atoms with Crippen molar-refractivity contribution in [3.63, 3.8) is 0 Å². The first-order valence-electron chi connectivity index (χ1n) is 16.5. The summed E-state index contributed by atoms with van der Waals surface area (Å²) in [7, 11) is 0. The van der Waals surface area contributed by atoms with Crippen LogP contribution < -0.4 is 5.32 Å². The molecule has 0 aromatic rings. The van der Waals surface area contributed by atoms with Gasteiger partial charge in [-0.2, -0.15) is 11.8 Å². The standard InChI is InChI=1S/C31H61NO12S/c1-26(34)32-28-30(36)29(35)27(25-33)44-31(28)43-23-22-42-21-20-41-19-18-40-17-16-39-15-14-38-13-12-37-11-9-7-5-3-4-6-8-10-24-45-2/h27-31,33,35-36H,3-25H2,1-2H3,(H,32,34). The highest BCUT2D eigenvalue weighted by Gasteiger charge is 2.45. The molecule has 5 unspecified atom stereocenters. The summed E-state index contributed by atoms with van der Waals surface area (Å²) >= 11 is 1.94. The number of hydrogen-bond acceptors (Lipinski definition) is 13. The average molecular weight is 672 g/mol. The Hall–Kier alpha value is -0.620. The van der Waals surface area contributed by atoms with E-state index in [9.17, 15) is 20.1 Å². The van der Waals surface area contributed by atoms with Crippen LogP contribution in [-0.4, -0.2) is 156 Å². The van der Waals surface area contributed by atoms with Gasteiger partial charge in [0.05, 0.1) is 85.9 Å². The molecule has 5 atom stereocenters. The van der Waals surface area contributed by atoms with Crippen molar-refractivity contribution < 1.29 is 58.0 Å². The summed E-state index contributed by atoms with van der Waals surface area (Å²) in [6, 6.07) is -0.976. The molecule has 13 nitrogen and oxygen atoms in total. The SMILES string of the molecule is CSCCCCCCCCCCOCCOCCOCCOCCOCCOCCOC1OC(CO)C(O)C(O)C1NC(C)=O. The van der Waals surface area contributed by atoms with E-state index in [1.165, 1.54) is 57.6 Å². The number of ether oxygens (including phenoxy) is 8. The number of rotatable bonds is 32. The fourth-order valence-electron chi connectivity index (χ4n) is 4.55. The van der Waals surface area contributed by atoms with Gasteiger partial charge in [0.25, 0.3) is 0 Å². The van der Waals surface area contributed by atoms with E-state index in [0.717, 1.165) is 13.0 Å². The Labute approximate surface area is 274 Å². The van der Waals surface area contributed by atoms with Crippen molar-refractivity contribution in [2.75, 3.05) is 105 Å². The Kier molecular flexibility index (Phi) is 28.9. The summed E-state index contributed by atoms with van der Waals surface area (Å²) in [4.78, 5) is 11.4. The molecule has 1 heterocycles. The summed E-state index contributed by atoms with van der Waals surface area (Å²) in [6.07, 6.45) is 7.89. The van der Waals surface area contributed by atoms with Crippen molar-refractivity contribution in [3.05, 3.63) is 0 Å². The van der Waals surface area contributed by atoms with E-state index < -0.39 is 43.2 Å². The van der Waals surface area contributed by atoms with Crippen LogP contribution in [0.4, 0.5) is 0 Å². The van der Waals surface area contributed by atoms with Crippen molar-refractivity contribution in [2.24, 2.45) is 0 Å². The van der Waals surface area contributed by atoms with Crippen molar-refractivity contribution in [1.29, 1.82) is 0 Å². The van der Waals surface area contributed by atoms with Gasteiger partial charge < -0.3 is 58.5 Å². The van der Waals surface area contributed by atoms with Crippen LogP contribution in [-0.2, 0) is 42.7 Å². The van der Waals surface area contributed by atoms with Crippen LogP contribution in [0.15, 0.2) is 0 Å². The molecule has 1 saturated heterocycles. The highest BCUT2D eigenvalue weighted by molar-refractivity contribution is 7.98. The molecule has 268 valence electrons. The van der Waals surface area contributed by atoms with Crippen molar-refractivity contribution >= 4 is 17.7 Å². The van der Waals surface area contributed by atoms with Gasteiger partial charge in [-0.25, -0.2) is 0 Å². The summed E-state index contributed by atoms with van der Waals surface area (Å²) < 4.78 is 44.1. The molecule has 0 aromatic heterocycles. The Morgan fingerprint density at radius 1 is 0.644 bits per heavy atom. The van der Waals surface area contributed by atoms with Gasteiger partial charge in [-0.05, 0) is 24.9 Å². The average Bonchev–Trinajstić information content (AvgIpc) is 3.03. The second kappa shape index (κ2) is 30.7. The minimum absolute atomic E-state index is 0.114. The molecule has 14 heteroatoms. The number of carbonyl (C=O) groups excluding carboxylic acids is 1. The number of aliphatic hydroxyl groups is 3. The maximum absolute atomic E-state index is 11.4. The Bertz CT molecular complexity index is 668. The molecule has 0 saturated carbocycles. The summed E-state index contributed by atoms with van der Waals surface area (Å²) in [6.45, 7) is 6.75. The van der Waals surface area contributed by atoms with E-state index in [0.29, 0.717) is 66.1 Å². The minimum atomic E-state index is -1.35. The van der Waals surface area contributed by atoms with Crippen LogP contribution >= 0.6 is 11.8 Å². The molecule has 0 spiro atoms. The van der Waals surface area contributed by atoms with Crippen LogP contribution in [0.2, 0.25) is 0 Å². The minimum Gasteiger partial charge on any atom is -0.394 e. The third kappa shape index (κ3) is 23.4. The molecule has 1 aliphatic rings. The first-order chi connectivity index (χ1) is 22.0. The summed E-state index contributed by atoms with van der Waals surface area (Å²) in [5, 5.41) is 32.1. The van der Waals surface area contributed by atoms with Crippen LogP contribution in [0.3, 0.4) is 0 Å². The first-order valence-corrected chi connectivity index (χ1v) is 17.9. The predicted molar refractivity (Wildman–Crippen MR) is 172 cm³/mol. The number of hydrogen-bond donors (Lipinski definition) is 4. The number of amides is 1. The molecule has 4 N–H and O–H groups in total. The highest BCUT2D eigenvalue weighted by atomic mass is 32.2. The molecule has 0 aromatic carbocycles. The molecular weight excluding hydrogens is 610 g/mol. The zero-order chi connectivity index (χ0) is 32.8. The zero-order valence-corrected chi connectivity index (χ0v) is 28.4. The third-order valence-electron chi connectivity index (χ3n) is 7.01. The van der Waals surface area contributed by atoms with E-state index in [1.54, 1.807) is 0 Å². The number of unbranched alkanes of at least 4 members (excludes halogenated alkanes) is 7. The second-order valence-corrected chi connectivity index (χ2v) is 11.8. The molecule has 1 amide bonds. The molecule has 0 aliphatic carbocycles. The van der Waals surface area contributed by atoms with Gasteiger partial charge in [-0.3, -0.25) is 4.79 Å². The number of thioether (sulfide) groups is 1. The van der Waals surface area contributed by atoms with E-state index in [4.69, 9.17) is 37.9 Å². The van der Waals surface area contributed by atoms with Crippen molar-refractivity contribution in [1.82, 2.24) is 5.32 Å². The van der Waals surface area contributed by atoms with Gasteiger partial charge in [-0.1, -0.05) is 38.5 Å². The van der Waals surface area contributed by atoms with E-state index in [-0.39, 0.29) is 13.2 Å². The predicted octanol–water partition coefficient (Wildman–Crippen LogP) is 1.53. The number of aliphatic hydroxyl groups excluding tert-OH is 3. The van der Waals surface area contributed by atoms with Crippen LogP contribution in [0.5, 0.6) is 0 Å². The van der Waals surface area contributed by atoms with Crippen molar-refractivity contribution in [3.8, 4) is 0 Å². The molecular formula is C31H61NO12S. The Balaban J connectivity index is 1.80. The maximum atomic E-state index is 11.4. The number of nitrogens with one attached hydrogen (secondary N) is 1. The van der Waals surface area contributed by atoms with Gasteiger partial charge in [0.2, 0.25) is 5.91 Å². The smallest absolute Gasteiger partial charge is 0.217 e. The van der Waals surface area contributed by atoms with E-state index >= 15 is 0 Å². The lowest BCUT2D eigenvalue weighted by molar-refractivity contribution is -0.272. The van der Waals surface area contributed by atoms with Gasteiger partial charge in [-0.15, -0.1) is 0 Å². The monoisotopic (exact) mass is 671 g/mol. The lowest BCUT2D eigenvalue weighted by Gasteiger charge is -2.42. The van der Waals surface area contributed by atoms with Gasteiger partial charge in [0.1, 0.15) is 24.4 Å². The quantitative estimate of drug-likeness (QED) is 0.0763. The highest BCUT2D eigenvalue weighted by Crippen LogP contribution is 2.22.